The number of aryl methyl sites for hydroxylation is 1. The van der Waals surface area contributed by atoms with Crippen molar-refractivity contribution in [3.8, 4) is 5.75 Å². The number of benzene rings is 2. The topological polar surface area (TPSA) is 51.5 Å². The van der Waals surface area contributed by atoms with Gasteiger partial charge in [0.15, 0.2) is 0 Å². The van der Waals surface area contributed by atoms with Crippen LogP contribution in [0.1, 0.15) is 28.7 Å². The van der Waals surface area contributed by atoms with Crippen LogP contribution in [-0.2, 0) is 4.79 Å². The van der Waals surface area contributed by atoms with Crippen LogP contribution in [0.15, 0.2) is 77.2 Å². The Kier molecular flexibility index (Phi) is 6.22. The quantitative estimate of drug-likeness (QED) is 0.577. The molecule has 3 aromatic rings. The highest BCUT2D eigenvalue weighted by molar-refractivity contribution is 5.91. The van der Waals surface area contributed by atoms with E-state index in [1.165, 1.54) is 18.2 Å². The predicted molar refractivity (Wildman–Crippen MR) is 102 cm³/mol. The lowest BCUT2D eigenvalue weighted by Gasteiger charge is -2.19. The number of alkyl halides is 2. The van der Waals surface area contributed by atoms with Gasteiger partial charge in [-0.05, 0) is 48.4 Å². The van der Waals surface area contributed by atoms with Crippen molar-refractivity contribution >= 4 is 12.0 Å². The molecule has 144 valence electrons. The molecule has 1 N–H and O–H groups in total. The molecule has 0 saturated carbocycles. The molecule has 0 aliphatic carbocycles. The Balaban J connectivity index is 1.79. The number of carbonyl (C=O) groups excluding carboxylic acids is 1. The van der Waals surface area contributed by atoms with E-state index in [2.05, 4.69) is 10.1 Å². The molecule has 28 heavy (non-hydrogen) atoms. The van der Waals surface area contributed by atoms with Gasteiger partial charge in [-0.3, -0.25) is 4.79 Å². The molecule has 1 unspecified atom stereocenters. The predicted octanol–water partition coefficient (Wildman–Crippen LogP) is 5.11. The standard InChI is InChI=1S/C22H19F2NO3/c1-15-7-10-18(27-15)13-14-20(26)25-21(16-5-3-2-4-6-16)17-8-11-19(12-9-17)28-22(23)24/h2-14,21-22H,1H3,(H,25,26)/b14-13+. The number of carbonyl (C=O) groups is 1. The summed E-state index contributed by atoms with van der Waals surface area (Å²) in [6.45, 7) is -1.06. The van der Waals surface area contributed by atoms with Gasteiger partial charge < -0.3 is 14.5 Å². The largest absolute Gasteiger partial charge is 0.462 e. The fraction of sp³-hybridized carbons (Fsp3) is 0.136. The summed E-state index contributed by atoms with van der Waals surface area (Å²) in [6, 6.07) is 18.7. The molecular weight excluding hydrogens is 364 g/mol. The molecule has 0 fully saturated rings. The van der Waals surface area contributed by atoms with E-state index in [-0.39, 0.29) is 11.7 Å². The number of hydrogen-bond acceptors (Lipinski definition) is 3. The van der Waals surface area contributed by atoms with E-state index in [0.717, 1.165) is 16.9 Å². The zero-order chi connectivity index (χ0) is 19.9. The first-order valence-corrected chi connectivity index (χ1v) is 8.66. The highest BCUT2D eigenvalue weighted by atomic mass is 19.3. The van der Waals surface area contributed by atoms with Gasteiger partial charge in [0.1, 0.15) is 17.3 Å². The molecule has 2 aromatic carbocycles. The fourth-order valence-corrected chi connectivity index (χ4v) is 2.74. The first-order valence-electron chi connectivity index (χ1n) is 8.66. The molecule has 6 heteroatoms. The molecule has 0 radical (unpaired) electrons. The zero-order valence-corrected chi connectivity index (χ0v) is 15.1. The molecule has 0 aliphatic rings. The minimum Gasteiger partial charge on any atom is -0.462 e. The van der Waals surface area contributed by atoms with Gasteiger partial charge in [0.05, 0.1) is 6.04 Å². The summed E-state index contributed by atoms with van der Waals surface area (Å²) in [4.78, 5) is 12.4. The van der Waals surface area contributed by atoms with Crippen LogP contribution in [-0.4, -0.2) is 12.5 Å². The van der Waals surface area contributed by atoms with Gasteiger partial charge in [-0.15, -0.1) is 0 Å². The number of ether oxygens (including phenoxy) is 1. The summed E-state index contributed by atoms with van der Waals surface area (Å²) in [6.07, 6.45) is 2.98. The Hall–Kier alpha value is -3.41. The third-order valence-corrected chi connectivity index (χ3v) is 4.02. The van der Waals surface area contributed by atoms with Crippen molar-refractivity contribution in [1.82, 2.24) is 5.32 Å². The summed E-state index contributed by atoms with van der Waals surface area (Å²) >= 11 is 0. The van der Waals surface area contributed by atoms with Gasteiger partial charge in [-0.2, -0.15) is 8.78 Å². The number of amides is 1. The van der Waals surface area contributed by atoms with Gasteiger partial charge in [0.2, 0.25) is 5.91 Å². The first kappa shape index (κ1) is 19.4. The Morgan fingerprint density at radius 1 is 1.00 bits per heavy atom. The van der Waals surface area contributed by atoms with Crippen LogP contribution >= 0.6 is 0 Å². The van der Waals surface area contributed by atoms with Crippen LogP contribution in [0.2, 0.25) is 0 Å². The van der Waals surface area contributed by atoms with Crippen molar-refractivity contribution in [2.24, 2.45) is 0 Å². The summed E-state index contributed by atoms with van der Waals surface area (Å²) in [7, 11) is 0. The molecule has 4 nitrogen and oxygen atoms in total. The summed E-state index contributed by atoms with van der Waals surface area (Å²) in [5.74, 6) is 1.09. The van der Waals surface area contributed by atoms with Gasteiger partial charge >= 0.3 is 6.61 Å². The van der Waals surface area contributed by atoms with E-state index >= 15 is 0 Å². The molecule has 0 aliphatic heterocycles. The lowest BCUT2D eigenvalue weighted by Crippen LogP contribution is -2.27. The maximum absolute atomic E-state index is 12.4. The molecule has 0 saturated heterocycles. The maximum atomic E-state index is 12.4. The van der Waals surface area contributed by atoms with Crippen molar-refractivity contribution in [3.63, 3.8) is 0 Å². The van der Waals surface area contributed by atoms with E-state index in [4.69, 9.17) is 4.42 Å². The average molecular weight is 383 g/mol. The highest BCUT2D eigenvalue weighted by Crippen LogP contribution is 2.25. The second-order valence-electron chi connectivity index (χ2n) is 6.08. The average Bonchev–Trinajstić information content (AvgIpc) is 3.11. The van der Waals surface area contributed by atoms with Crippen molar-refractivity contribution in [1.29, 1.82) is 0 Å². The number of rotatable bonds is 7. The van der Waals surface area contributed by atoms with Gasteiger partial charge in [0, 0.05) is 6.08 Å². The SMILES string of the molecule is Cc1ccc(/C=C/C(=O)NC(c2ccccc2)c2ccc(OC(F)F)cc2)o1. The monoisotopic (exact) mass is 383 g/mol. The smallest absolute Gasteiger partial charge is 0.387 e. The van der Waals surface area contributed by atoms with Crippen molar-refractivity contribution in [2.45, 2.75) is 19.6 Å². The van der Waals surface area contributed by atoms with Crippen molar-refractivity contribution in [3.05, 3.63) is 95.5 Å². The Morgan fingerprint density at radius 2 is 1.68 bits per heavy atom. The minimum absolute atomic E-state index is 0.0602. The van der Waals surface area contributed by atoms with E-state index in [1.54, 1.807) is 24.3 Å². The molecule has 0 bridgehead atoms. The number of furan rings is 1. The summed E-state index contributed by atoms with van der Waals surface area (Å²) in [5, 5.41) is 2.93. The Bertz CT molecular complexity index is 934. The minimum atomic E-state index is -2.88. The van der Waals surface area contributed by atoms with Crippen LogP contribution < -0.4 is 10.1 Å². The van der Waals surface area contributed by atoms with E-state index in [0.29, 0.717) is 5.76 Å². The second-order valence-corrected chi connectivity index (χ2v) is 6.08. The molecule has 1 heterocycles. The van der Waals surface area contributed by atoms with Crippen LogP contribution in [0.5, 0.6) is 5.75 Å². The lowest BCUT2D eigenvalue weighted by atomic mass is 9.98. The Labute approximate surface area is 161 Å². The zero-order valence-electron chi connectivity index (χ0n) is 15.1. The molecule has 3 rings (SSSR count). The molecule has 1 atom stereocenters. The summed E-state index contributed by atoms with van der Waals surface area (Å²) < 4.78 is 34.5. The molecule has 0 spiro atoms. The van der Waals surface area contributed by atoms with Crippen LogP contribution in [0.4, 0.5) is 8.78 Å². The lowest BCUT2D eigenvalue weighted by molar-refractivity contribution is -0.116. The van der Waals surface area contributed by atoms with Gasteiger partial charge in [-0.1, -0.05) is 42.5 Å². The van der Waals surface area contributed by atoms with Crippen molar-refractivity contribution in [2.75, 3.05) is 0 Å². The van der Waals surface area contributed by atoms with Crippen molar-refractivity contribution < 1.29 is 22.7 Å². The van der Waals surface area contributed by atoms with Gasteiger partial charge in [0.25, 0.3) is 0 Å². The van der Waals surface area contributed by atoms with Crippen LogP contribution in [0.3, 0.4) is 0 Å². The second kappa shape index (κ2) is 8.99. The molecular formula is C22H19F2NO3. The van der Waals surface area contributed by atoms with E-state index < -0.39 is 12.7 Å². The number of hydrogen-bond donors (Lipinski definition) is 1. The maximum Gasteiger partial charge on any atom is 0.387 e. The van der Waals surface area contributed by atoms with E-state index in [1.807, 2.05) is 43.3 Å². The third-order valence-electron chi connectivity index (χ3n) is 4.02. The van der Waals surface area contributed by atoms with E-state index in [9.17, 15) is 13.6 Å². The Morgan fingerprint density at radius 3 is 2.29 bits per heavy atom. The molecule has 1 aromatic heterocycles. The normalized spacial score (nSPS) is 12.3. The van der Waals surface area contributed by atoms with Crippen LogP contribution in [0.25, 0.3) is 6.08 Å². The van der Waals surface area contributed by atoms with Crippen LogP contribution in [0, 0.1) is 6.92 Å². The third kappa shape index (κ3) is 5.30. The first-order chi connectivity index (χ1) is 13.5. The fourth-order valence-electron chi connectivity index (χ4n) is 2.74. The summed E-state index contributed by atoms with van der Waals surface area (Å²) in [5.41, 5.74) is 1.60. The number of halogens is 2. The highest BCUT2D eigenvalue weighted by Gasteiger charge is 2.16. The van der Waals surface area contributed by atoms with Gasteiger partial charge in [-0.25, -0.2) is 0 Å². The number of nitrogens with one attached hydrogen (secondary N) is 1. The molecule has 1 amide bonds.